The predicted octanol–water partition coefficient (Wildman–Crippen LogP) is 5.41. The lowest BCUT2D eigenvalue weighted by molar-refractivity contribution is 0.0481. The molecule has 3 aromatic rings. The molecule has 1 heterocycles. The van der Waals surface area contributed by atoms with Crippen LogP contribution in [0, 0.1) is 0 Å². The quantitative estimate of drug-likeness (QED) is 0.404. The van der Waals surface area contributed by atoms with Gasteiger partial charge in [-0.15, -0.1) is 0 Å². The molecule has 0 saturated carbocycles. The number of epoxide rings is 1. The molecule has 0 bridgehead atoms. The van der Waals surface area contributed by atoms with Crippen LogP contribution in [0.5, 0.6) is 0 Å². The van der Waals surface area contributed by atoms with Crippen molar-refractivity contribution in [3.05, 3.63) is 95.0 Å². The number of benzene rings is 3. The summed E-state index contributed by atoms with van der Waals surface area (Å²) in [6.45, 7) is 6.89. The average molecular weight is 435 g/mol. The van der Waals surface area contributed by atoms with Crippen molar-refractivity contribution in [1.82, 2.24) is 0 Å². The van der Waals surface area contributed by atoms with E-state index in [1.54, 1.807) is 0 Å². The molecule has 1 aliphatic heterocycles. The van der Waals surface area contributed by atoms with Gasteiger partial charge in [0, 0.05) is 10.6 Å². The van der Waals surface area contributed by atoms with Crippen LogP contribution >= 0.6 is 11.6 Å². The fraction of sp³-hybridized carbons (Fsp3) is 0.308. The van der Waals surface area contributed by atoms with Gasteiger partial charge >= 0.3 is 0 Å². The Kier molecular flexibility index (Phi) is 4.71. The zero-order valence-corrected chi connectivity index (χ0v) is 19.4. The van der Waals surface area contributed by atoms with E-state index in [0.717, 1.165) is 23.4 Å². The van der Waals surface area contributed by atoms with Gasteiger partial charge in [-0.3, -0.25) is 0 Å². The van der Waals surface area contributed by atoms with Crippen molar-refractivity contribution in [1.29, 1.82) is 0 Å². The third-order valence-corrected chi connectivity index (χ3v) is 11.9. The van der Waals surface area contributed by atoms with E-state index in [0.29, 0.717) is 0 Å². The maximum absolute atomic E-state index is 7.42. The van der Waals surface area contributed by atoms with E-state index in [2.05, 4.69) is 87.5 Å². The highest BCUT2D eigenvalue weighted by molar-refractivity contribution is 6.99. The maximum atomic E-state index is 7.42. The van der Waals surface area contributed by atoms with Crippen molar-refractivity contribution in [3.8, 4) is 0 Å². The fourth-order valence-electron chi connectivity index (χ4n) is 5.12. The Morgan fingerprint density at radius 2 is 1.50 bits per heavy atom. The minimum atomic E-state index is -2.74. The molecule has 0 spiro atoms. The van der Waals surface area contributed by atoms with Gasteiger partial charge in [0.25, 0.3) is 8.32 Å². The summed E-state index contributed by atoms with van der Waals surface area (Å²) < 4.78 is 13.8. The monoisotopic (exact) mass is 434 g/mol. The molecular formula is C26H27ClO2Si. The van der Waals surface area contributed by atoms with Gasteiger partial charge in [0.2, 0.25) is 5.79 Å². The number of rotatable bonds is 4. The summed E-state index contributed by atoms with van der Waals surface area (Å²) in [6.07, 6.45) is 2.00. The summed E-state index contributed by atoms with van der Waals surface area (Å²) in [5, 5.41) is 3.14. The molecule has 1 fully saturated rings. The van der Waals surface area contributed by atoms with Gasteiger partial charge in [0.15, 0.2) is 0 Å². The highest BCUT2D eigenvalue weighted by atomic mass is 35.5. The number of hydrogen-bond donors (Lipinski definition) is 0. The van der Waals surface area contributed by atoms with Gasteiger partial charge in [0.05, 0.1) is 0 Å². The molecule has 0 radical (unpaired) electrons. The predicted molar refractivity (Wildman–Crippen MR) is 125 cm³/mol. The molecular weight excluding hydrogens is 408 g/mol. The van der Waals surface area contributed by atoms with E-state index >= 15 is 0 Å². The van der Waals surface area contributed by atoms with E-state index in [9.17, 15) is 0 Å². The number of aryl methyl sites for hydroxylation is 1. The lowest BCUT2D eigenvalue weighted by Crippen LogP contribution is -2.68. The molecule has 1 aliphatic carbocycles. The molecule has 2 nitrogen and oxygen atoms in total. The van der Waals surface area contributed by atoms with Gasteiger partial charge in [0.1, 0.15) is 6.10 Å². The molecule has 30 heavy (non-hydrogen) atoms. The minimum Gasteiger partial charge on any atom is -0.375 e. The highest BCUT2D eigenvalue weighted by Gasteiger charge is 2.68. The minimum absolute atomic E-state index is 0.0616. The number of halogens is 1. The summed E-state index contributed by atoms with van der Waals surface area (Å²) in [5.74, 6) is -0.753. The van der Waals surface area contributed by atoms with Gasteiger partial charge in [-0.2, -0.15) is 0 Å². The van der Waals surface area contributed by atoms with Crippen LogP contribution < -0.4 is 10.4 Å². The molecule has 3 aromatic carbocycles. The Balaban J connectivity index is 1.75. The largest absolute Gasteiger partial charge is 0.375 e. The zero-order valence-electron chi connectivity index (χ0n) is 17.7. The summed E-state index contributed by atoms with van der Waals surface area (Å²) in [7, 11) is -2.74. The molecule has 154 valence electrons. The van der Waals surface area contributed by atoms with E-state index in [1.807, 2.05) is 12.1 Å². The number of ether oxygens (including phenoxy) is 1. The molecule has 4 heteroatoms. The Bertz CT molecular complexity index is 1020. The summed E-state index contributed by atoms with van der Waals surface area (Å²) in [4.78, 5) is 0. The van der Waals surface area contributed by atoms with E-state index in [1.165, 1.54) is 15.9 Å². The van der Waals surface area contributed by atoms with Crippen LogP contribution in [0.3, 0.4) is 0 Å². The average Bonchev–Trinajstić information content (AvgIpc) is 3.47. The van der Waals surface area contributed by atoms with Crippen LogP contribution in [-0.4, -0.2) is 14.4 Å². The van der Waals surface area contributed by atoms with Gasteiger partial charge in [-0.05, 0) is 39.9 Å². The van der Waals surface area contributed by atoms with E-state index in [-0.39, 0.29) is 11.1 Å². The second-order valence-corrected chi connectivity index (χ2v) is 14.0. The second-order valence-electron chi connectivity index (χ2n) is 9.35. The third kappa shape index (κ3) is 2.91. The zero-order chi connectivity index (χ0) is 21.0. The van der Waals surface area contributed by atoms with Crippen molar-refractivity contribution < 1.29 is 9.16 Å². The van der Waals surface area contributed by atoms with Gasteiger partial charge in [-0.25, -0.2) is 0 Å². The van der Waals surface area contributed by atoms with Crippen LogP contribution in [0.25, 0.3) is 0 Å². The summed E-state index contributed by atoms with van der Waals surface area (Å²) >= 11 is 6.74. The summed E-state index contributed by atoms with van der Waals surface area (Å²) in [6, 6.07) is 27.6. The van der Waals surface area contributed by atoms with Crippen LogP contribution in [0.4, 0.5) is 0 Å². The van der Waals surface area contributed by atoms with Crippen LogP contribution in [-0.2, 0) is 21.4 Å². The molecule has 2 aliphatic rings. The van der Waals surface area contributed by atoms with Crippen molar-refractivity contribution in [2.75, 3.05) is 0 Å². The highest BCUT2D eigenvalue weighted by Crippen LogP contribution is 2.58. The molecule has 0 unspecified atom stereocenters. The van der Waals surface area contributed by atoms with Crippen molar-refractivity contribution in [3.63, 3.8) is 0 Å². The Hall–Kier alpha value is -1.91. The SMILES string of the molecule is CC(C)(C)[Si](O[C@@]12O[C@@H]1CCc1cccc(Cl)c12)(c1ccccc1)c1ccccc1. The van der Waals surface area contributed by atoms with E-state index in [4.69, 9.17) is 20.8 Å². The topological polar surface area (TPSA) is 21.8 Å². The first-order valence-corrected chi connectivity index (χ1v) is 12.9. The molecule has 0 aromatic heterocycles. The smallest absolute Gasteiger partial charge is 0.265 e. The Labute approximate surface area is 184 Å². The van der Waals surface area contributed by atoms with Gasteiger partial charge < -0.3 is 9.16 Å². The van der Waals surface area contributed by atoms with Crippen molar-refractivity contribution >= 4 is 30.3 Å². The Morgan fingerprint density at radius 3 is 2.07 bits per heavy atom. The Morgan fingerprint density at radius 1 is 0.900 bits per heavy atom. The van der Waals surface area contributed by atoms with Crippen molar-refractivity contribution in [2.24, 2.45) is 0 Å². The molecule has 0 N–H and O–H groups in total. The molecule has 5 rings (SSSR count). The lowest BCUT2D eigenvalue weighted by Gasteiger charge is -2.45. The molecule has 2 atom stereocenters. The molecule has 0 amide bonds. The lowest BCUT2D eigenvalue weighted by atomic mass is 9.89. The van der Waals surface area contributed by atoms with Crippen LogP contribution in [0.1, 0.15) is 38.3 Å². The molecule has 1 saturated heterocycles. The normalized spacial score (nSPS) is 22.9. The maximum Gasteiger partial charge on any atom is 0.265 e. The first-order valence-electron chi connectivity index (χ1n) is 10.7. The fourth-order valence-corrected chi connectivity index (χ4v) is 10.1. The number of fused-ring (bicyclic) bond motifs is 3. The first-order chi connectivity index (χ1) is 14.4. The summed E-state index contributed by atoms with van der Waals surface area (Å²) in [5.41, 5.74) is 2.28. The van der Waals surface area contributed by atoms with Gasteiger partial charge in [-0.1, -0.05) is 105 Å². The van der Waals surface area contributed by atoms with Crippen LogP contribution in [0.15, 0.2) is 78.9 Å². The first kappa shape index (κ1) is 20.0. The number of hydrogen-bond acceptors (Lipinski definition) is 2. The van der Waals surface area contributed by atoms with E-state index < -0.39 is 14.1 Å². The third-order valence-electron chi connectivity index (χ3n) is 6.53. The van der Waals surface area contributed by atoms with Crippen molar-refractivity contribution in [2.45, 2.75) is 50.5 Å². The standard InChI is InChI=1S/C26H27ClO2Si/c1-25(2,3)30(20-12-6-4-7-13-20,21-14-8-5-9-15-21)29-26-23(28-26)18-17-19-11-10-16-22(27)24(19)26/h4-16,23H,17-18H2,1-3H3/t23-,26+/m1/s1. The van der Waals surface area contributed by atoms with Crippen LogP contribution in [0.2, 0.25) is 10.1 Å². The second kappa shape index (κ2) is 7.06.